The summed E-state index contributed by atoms with van der Waals surface area (Å²) >= 11 is 3.69. The molecular formula is C7H10N2OS. The smallest absolute Gasteiger partial charge is 0.161 e. The van der Waals surface area contributed by atoms with Crippen molar-refractivity contribution in [2.75, 3.05) is 5.43 Å². The molecule has 1 aromatic carbocycles. The third-order valence-electron chi connectivity index (χ3n) is 1.48. The fraction of sp³-hybridized carbons (Fsp3) is 0.143. The fourth-order valence-electron chi connectivity index (χ4n) is 0.902. The van der Waals surface area contributed by atoms with Gasteiger partial charge in [-0.05, 0) is 18.6 Å². The largest absolute Gasteiger partial charge is 0.427 e. The zero-order chi connectivity index (χ0) is 8.27. The van der Waals surface area contributed by atoms with Crippen molar-refractivity contribution in [1.29, 1.82) is 0 Å². The van der Waals surface area contributed by atoms with Crippen molar-refractivity contribution in [2.45, 2.75) is 6.92 Å². The van der Waals surface area contributed by atoms with Crippen LogP contribution in [0, 0.1) is 6.92 Å². The molecule has 0 bridgehead atoms. The molecule has 3 N–H and O–H groups in total. The van der Waals surface area contributed by atoms with Crippen molar-refractivity contribution < 1.29 is 4.18 Å². The minimum absolute atomic E-state index is 0.635. The number of aryl methyl sites for hydroxylation is 1. The van der Waals surface area contributed by atoms with E-state index in [0.717, 1.165) is 11.3 Å². The van der Waals surface area contributed by atoms with Gasteiger partial charge in [0.15, 0.2) is 5.75 Å². The summed E-state index contributed by atoms with van der Waals surface area (Å²) in [6, 6.07) is 5.60. The first-order chi connectivity index (χ1) is 5.29. The van der Waals surface area contributed by atoms with Crippen molar-refractivity contribution in [1.82, 2.24) is 0 Å². The maximum atomic E-state index is 5.26. The van der Waals surface area contributed by atoms with Crippen molar-refractivity contribution in [3.63, 3.8) is 0 Å². The summed E-state index contributed by atoms with van der Waals surface area (Å²) in [7, 11) is 0. The molecule has 60 valence electrons. The Morgan fingerprint density at radius 1 is 1.55 bits per heavy atom. The number of nitrogens with two attached hydrogens (primary N) is 1. The summed E-state index contributed by atoms with van der Waals surface area (Å²) in [5.74, 6) is 5.90. The average molecular weight is 170 g/mol. The van der Waals surface area contributed by atoms with Crippen molar-refractivity contribution in [3.05, 3.63) is 23.8 Å². The Kier molecular flexibility index (Phi) is 2.62. The molecule has 0 aliphatic rings. The monoisotopic (exact) mass is 170 g/mol. The van der Waals surface area contributed by atoms with Crippen LogP contribution in [0.25, 0.3) is 0 Å². The highest BCUT2D eigenvalue weighted by Crippen LogP contribution is 2.27. The Labute approximate surface area is 71.1 Å². The average Bonchev–Trinajstić information content (AvgIpc) is 2.04. The number of anilines is 1. The number of hydrogen-bond donors (Lipinski definition) is 3. The van der Waals surface area contributed by atoms with Gasteiger partial charge >= 0.3 is 0 Å². The Hall–Kier alpha value is -0.870. The van der Waals surface area contributed by atoms with Gasteiger partial charge in [-0.25, -0.2) is 0 Å². The normalized spacial score (nSPS) is 9.36. The van der Waals surface area contributed by atoms with E-state index >= 15 is 0 Å². The maximum Gasteiger partial charge on any atom is 0.161 e. The van der Waals surface area contributed by atoms with Crippen LogP contribution in [0.5, 0.6) is 5.75 Å². The van der Waals surface area contributed by atoms with Gasteiger partial charge in [0, 0.05) is 12.9 Å². The minimum Gasteiger partial charge on any atom is -0.427 e. The number of hydrazine groups is 1. The predicted molar refractivity (Wildman–Crippen MR) is 48.6 cm³/mol. The quantitative estimate of drug-likeness (QED) is 0.273. The van der Waals surface area contributed by atoms with E-state index in [4.69, 9.17) is 10.0 Å². The van der Waals surface area contributed by atoms with Gasteiger partial charge in [-0.15, -0.1) is 0 Å². The molecule has 0 heterocycles. The third-order valence-corrected chi connectivity index (χ3v) is 1.67. The van der Waals surface area contributed by atoms with Crippen LogP contribution in [-0.4, -0.2) is 0 Å². The molecule has 0 fully saturated rings. The van der Waals surface area contributed by atoms with Crippen LogP contribution in [0.4, 0.5) is 5.69 Å². The molecule has 0 atom stereocenters. The first kappa shape index (κ1) is 8.23. The second-order valence-electron chi connectivity index (χ2n) is 2.18. The molecule has 0 radical (unpaired) electrons. The second-order valence-corrected chi connectivity index (χ2v) is 2.37. The summed E-state index contributed by atoms with van der Waals surface area (Å²) in [5, 5.41) is 0. The molecule has 1 aromatic rings. The summed E-state index contributed by atoms with van der Waals surface area (Å²) in [5.41, 5.74) is 4.33. The molecule has 4 heteroatoms. The lowest BCUT2D eigenvalue weighted by Gasteiger charge is -2.08. The van der Waals surface area contributed by atoms with Crippen molar-refractivity contribution in [3.8, 4) is 5.75 Å². The highest BCUT2D eigenvalue weighted by Gasteiger charge is 2.02. The van der Waals surface area contributed by atoms with E-state index in [1.165, 1.54) is 0 Å². The summed E-state index contributed by atoms with van der Waals surface area (Å²) in [6.07, 6.45) is 0. The third kappa shape index (κ3) is 1.58. The van der Waals surface area contributed by atoms with Crippen LogP contribution in [0.1, 0.15) is 5.56 Å². The number of benzene rings is 1. The zero-order valence-corrected chi connectivity index (χ0v) is 7.06. The predicted octanol–water partition coefficient (Wildman–Crippen LogP) is 1.50. The number of nitrogen functional groups attached to an aromatic ring is 1. The second kappa shape index (κ2) is 3.50. The summed E-state index contributed by atoms with van der Waals surface area (Å²) < 4.78 is 4.77. The van der Waals surface area contributed by atoms with Crippen LogP contribution in [-0.2, 0) is 0 Å². The van der Waals surface area contributed by atoms with Gasteiger partial charge in [0.05, 0.1) is 5.69 Å². The van der Waals surface area contributed by atoms with Gasteiger partial charge < -0.3 is 9.61 Å². The minimum atomic E-state index is 0.635. The highest BCUT2D eigenvalue weighted by atomic mass is 32.1. The molecule has 1 rings (SSSR count). The van der Waals surface area contributed by atoms with E-state index in [1.807, 2.05) is 19.1 Å². The highest BCUT2D eigenvalue weighted by molar-refractivity contribution is 7.75. The van der Waals surface area contributed by atoms with E-state index in [9.17, 15) is 0 Å². The Bertz CT molecular complexity index is 252. The van der Waals surface area contributed by atoms with Gasteiger partial charge in [-0.2, -0.15) is 0 Å². The van der Waals surface area contributed by atoms with Crippen LogP contribution in [0.2, 0.25) is 0 Å². The van der Waals surface area contributed by atoms with Gasteiger partial charge in [0.1, 0.15) is 0 Å². The molecule has 0 amide bonds. The molecule has 0 aliphatic heterocycles. The van der Waals surface area contributed by atoms with E-state index in [1.54, 1.807) is 6.07 Å². The SMILES string of the molecule is Cc1cccc(OS)c1NN. The molecule has 0 spiro atoms. The molecule has 3 nitrogen and oxygen atoms in total. The van der Waals surface area contributed by atoms with Crippen molar-refractivity contribution in [2.24, 2.45) is 5.84 Å². The Balaban J connectivity index is 3.13. The number of hydrogen-bond acceptors (Lipinski definition) is 4. The Morgan fingerprint density at radius 3 is 2.73 bits per heavy atom. The Morgan fingerprint density at radius 2 is 2.27 bits per heavy atom. The van der Waals surface area contributed by atoms with Crippen LogP contribution in [0.3, 0.4) is 0 Å². The van der Waals surface area contributed by atoms with E-state index in [0.29, 0.717) is 5.75 Å². The lowest BCUT2D eigenvalue weighted by molar-refractivity contribution is 0.660. The molecule has 0 saturated carbocycles. The molecule has 0 unspecified atom stereocenters. The van der Waals surface area contributed by atoms with Crippen molar-refractivity contribution >= 4 is 18.6 Å². The van der Waals surface area contributed by atoms with Gasteiger partial charge in [-0.3, -0.25) is 5.84 Å². The fourth-order valence-corrected chi connectivity index (χ4v) is 1.05. The lowest BCUT2D eigenvalue weighted by Crippen LogP contribution is -2.08. The van der Waals surface area contributed by atoms with Crippen LogP contribution in [0.15, 0.2) is 18.2 Å². The molecule has 0 saturated heterocycles. The zero-order valence-electron chi connectivity index (χ0n) is 6.16. The first-order valence-corrected chi connectivity index (χ1v) is 3.53. The van der Waals surface area contributed by atoms with E-state index in [-0.39, 0.29) is 0 Å². The van der Waals surface area contributed by atoms with E-state index < -0.39 is 0 Å². The number of rotatable bonds is 2. The van der Waals surface area contributed by atoms with Gasteiger partial charge in [-0.1, -0.05) is 12.1 Å². The van der Waals surface area contributed by atoms with Crippen LogP contribution < -0.4 is 15.5 Å². The number of para-hydroxylation sites is 1. The number of thiol groups is 1. The first-order valence-electron chi connectivity index (χ1n) is 3.17. The lowest BCUT2D eigenvalue weighted by atomic mass is 10.2. The molecule has 0 aliphatic carbocycles. The van der Waals surface area contributed by atoms with Gasteiger partial charge in [0.2, 0.25) is 0 Å². The molecule has 11 heavy (non-hydrogen) atoms. The standard InChI is InChI=1S/C7H10N2OS/c1-5-3-2-4-6(10-11)7(5)9-8/h2-4,9,11H,8H2,1H3. The maximum absolute atomic E-state index is 5.26. The summed E-state index contributed by atoms with van der Waals surface area (Å²) in [6.45, 7) is 1.94. The van der Waals surface area contributed by atoms with E-state index in [2.05, 4.69) is 18.3 Å². The molecular weight excluding hydrogens is 160 g/mol. The van der Waals surface area contributed by atoms with Crippen LogP contribution >= 0.6 is 12.9 Å². The summed E-state index contributed by atoms with van der Waals surface area (Å²) in [4.78, 5) is 0. The topological polar surface area (TPSA) is 47.3 Å². The van der Waals surface area contributed by atoms with Gasteiger partial charge in [0.25, 0.3) is 0 Å². The molecule has 0 aromatic heterocycles. The number of nitrogens with one attached hydrogen (secondary N) is 1.